The molecule has 0 saturated carbocycles. The van der Waals surface area contributed by atoms with E-state index < -0.39 is 12.3 Å². The standard InChI is InChI=1S/C32H40N4O3/c1-2-30(34-31(37)36-22-20-29(33-21-23-36)28-14-7-4-8-15-28)35-32(38)39-24-27-18-16-26(17-19-27)13-9-12-25-10-5-3-6-11-25/h3-8,10-11,14-19,29-30,33H,2,9,12-13,20-24H2,1H3,(H,34,37)(H,35,38). The molecule has 3 aromatic rings. The fourth-order valence-electron chi connectivity index (χ4n) is 4.80. The van der Waals surface area contributed by atoms with Crippen molar-refractivity contribution in [3.05, 3.63) is 107 Å². The van der Waals surface area contributed by atoms with Crippen LogP contribution in [0, 0.1) is 0 Å². The number of alkyl carbamates (subject to hydrolysis) is 1. The third kappa shape index (κ3) is 9.14. The lowest BCUT2D eigenvalue weighted by molar-refractivity contribution is 0.132. The van der Waals surface area contributed by atoms with Crippen molar-refractivity contribution in [1.82, 2.24) is 20.9 Å². The maximum atomic E-state index is 12.9. The van der Waals surface area contributed by atoms with Gasteiger partial charge in [-0.3, -0.25) is 0 Å². The monoisotopic (exact) mass is 528 g/mol. The van der Waals surface area contributed by atoms with Gasteiger partial charge in [-0.05, 0) is 54.4 Å². The fourth-order valence-corrected chi connectivity index (χ4v) is 4.80. The molecule has 3 aromatic carbocycles. The van der Waals surface area contributed by atoms with Gasteiger partial charge in [0.2, 0.25) is 0 Å². The van der Waals surface area contributed by atoms with Crippen LogP contribution < -0.4 is 16.0 Å². The number of hydrogen-bond donors (Lipinski definition) is 3. The van der Waals surface area contributed by atoms with Crippen LogP contribution in [0.2, 0.25) is 0 Å². The van der Waals surface area contributed by atoms with Gasteiger partial charge in [0.1, 0.15) is 12.8 Å². The van der Waals surface area contributed by atoms with E-state index in [1.165, 1.54) is 16.7 Å². The molecule has 1 fully saturated rings. The summed E-state index contributed by atoms with van der Waals surface area (Å²) in [5.74, 6) is 0. The number of benzene rings is 3. The van der Waals surface area contributed by atoms with Gasteiger partial charge in [0, 0.05) is 25.7 Å². The third-order valence-electron chi connectivity index (χ3n) is 7.11. The van der Waals surface area contributed by atoms with Gasteiger partial charge >= 0.3 is 12.1 Å². The molecular formula is C32H40N4O3. The second-order valence-corrected chi connectivity index (χ2v) is 9.98. The first kappa shape index (κ1) is 28.2. The van der Waals surface area contributed by atoms with E-state index in [1.807, 2.05) is 43.3 Å². The number of urea groups is 1. The lowest BCUT2D eigenvalue weighted by Gasteiger charge is -2.25. The first-order chi connectivity index (χ1) is 19.1. The van der Waals surface area contributed by atoms with E-state index in [-0.39, 0.29) is 18.7 Å². The second kappa shape index (κ2) is 14.9. The van der Waals surface area contributed by atoms with Crippen molar-refractivity contribution in [3.8, 4) is 0 Å². The quantitative estimate of drug-likeness (QED) is 0.301. The van der Waals surface area contributed by atoms with Crippen LogP contribution in [-0.2, 0) is 24.2 Å². The van der Waals surface area contributed by atoms with E-state index in [9.17, 15) is 9.59 Å². The van der Waals surface area contributed by atoms with Crippen molar-refractivity contribution in [2.24, 2.45) is 0 Å². The van der Waals surface area contributed by atoms with Crippen LogP contribution in [-0.4, -0.2) is 42.8 Å². The van der Waals surface area contributed by atoms with E-state index in [4.69, 9.17) is 4.74 Å². The summed E-state index contributed by atoms with van der Waals surface area (Å²) >= 11 is 0. The van der Waals surface area contributed by atoms with E-state index >= 15 is 0 Å². The summed E-state index contributed by atoms with van der Waals surface area (Å²) < 4.78 is 5.42. The SMILES string of the molecule is CCC(NC(=O)OCc1ccc(CCCc2ccccc2)cc1)NC(=O)N1CCNC(c2ccccc2)CC1. The number of carbonyl (C=O) groups excluding carboxylic acids is 2. The zero-order valence-corrected chi connectivity index (χ0v) is 22.8. The summed E-state index contributed by atoms with van der Waals surface area (Å²) in [5, 5.41) is 9.23. The molecule has 0 bridgehead atoms. The Labute approximate surface area is 231 Å². The molecule has 3 amide bonds. The molecule has 2 atom stereocenters. The summed E-state index contributed by atoms with van der Waals surface area (Å²) in [6.45, 7) is 4.06. The minimum atomic E-state index is -0.546. The van der Waals surface area contributed by atoms with Crippen LogP contribution in [0.5, 0.6) is 0 Å². The molecule has 0 aromatic heterocycles. The van der Waals surface area contributed by atoms with Gasteiger partial charge in [-0.15, -0.1) is 0 Å². The average Bonchev–Trinajstić information content (AvgIpc) is 3.24. The number of nitrogens with zero attached hydrogens (tertiary/aromatic N) is 1. The second-order valence-electron chi connectivity index (χ2n) is 9.98. The highest BCUT2D eigenvalue weighted by Crippen LogP contribution is 2.19. The first-order valence-corrected chi connectivity index (χ1v) is 14.0. The Kier molecular flexibility index (Phi) is 10.8. The van der Waals surface area contributed by atoms with Crippen molar-refractivity contribution in [1.29, 1.82) is 0 Å². The van der Waals surface area contributed by atoms with Gasteiger partial charge in [-0.25, -0.2) is 9.59 Å². The van der Waals surface area contributed by atoms with Crippen LogP contribution >= 0.6 is 0 Å². The van der Waals surface area contributed by atoms with Gasteiger partial charge in [-0.2, -0.15) is 0 Å². The summed E-state index contributed by atoms with van der Waals surface area (Å²) in [6, 6.07) is 29.0. The smallest absolute Gasteiger partial charge is 0.409 e. The Balaban J connectivity index is 1.16. The van der Waals surface area contributed by atoms with Crippen LogP contribution in [0.3, 0.4) is 0 Å². The lowest BCUT2D eigenvalue weighted by Crippen LogP contribution is -2.52. The molecular weight excluding hydrogens is 488 g/mol. The van der Waals surface area contributed by atoms with Gasteiger partial charge in [0.05, 0.1) is 0 Å². The predicted molar refractivity (Wildman–Crippen MR) is 154 cm³/mol. The van der Waals surface area contributed by atoms with Gasteiger partial charge < -0.3 is 25.6 Å². The largest absolute Gasteiger partial charge is 0.445 e. The van der Waals surface area contributed by atoms with Crippen LogP contribution in [0.15, 0.2) is 84.9 Å². The minimum absolute atomic E-state index is 0.180. The molecule has 1 saturated heterocycles. The number of aryl methyl sites for hydroxylation is 2. The Morgan fingerprint density at radius 1 is 0.872 bits per heavy atom. The normalized spacial score (nSPS) is 16.1. The van der Waals surface area contributed by atoms with Crippen molar-refractivity contribution in [2.75, 3.05) is 19.6 Å². The maximum Gasteiger partial charge on any atom is 0.409 e. The Morgan fingerprint density at radius 2 is 1.51 bits per heavy atom. The van der Waals surface area contributed by atoms with Gasteiger partial charge in [-0.1, -0.05) is 91.9 Å². The van der Waals surface area contributed by atoms with E-state index in [2.05, 4.69) is 64.5 Å². The van der Waals surface area contributed by atoms with Crippen molar-refractivity contribution < 1.29 is 14.3 Å². The molecule has 4 rings (SSSR count). The van der Waals surface area contributed by atoms with Crippen LogP contribution in [0.1, 0.15) is 54.5 Å². The fraction of sp³-hybridized carbons (Fsp3) is 0.375. The predicted octanol–water partition coefficient (Wildman–Crippen LogP) is 5.57. The van der Waals surface area contributed by atoms with Crippen LogP contribution in [0.4, 0.5) is 9.59 Å². The topological polar surface area (TPSA) is 82.7 Å². The van der Waals surface area contributed by atoms with E-state index in [0.717, 1.165) is 31.2 Å². The summed E-state index contributed by atoms with van der Waals surface area (Å²) in [5.41, 5.74) is 4.79. The number of nitrogens with one attached hydrogen (secondary N) is 3. The third-order valence-corrected chi connectivity index (χ3v) is 7.11. The molecule has 1 aliphatic rings. The molecule has 1 aliphatic heterocycles. The highest BCUT2D eigenvalue weighted by Gasteiger charge is 2.23. The molecule has 0 spiro atoms. The lowest BCUT2D eigenvalue weighted by atomic mass is 10.0. The Morgan fingerprint density at radius 3 is 2.21 bits per heavy atom. The molecule has 39 heavy (non-hydrogen) atoms. The molecule has 7 nitrogen and oxygen atoms in total. The summed E-state index contributed by atoms with van der Waals surface area (Å²) in [7, 11) is 0. The van der Waals surface area contributed by atoms with Gasteiger partial charge in [0.15, 0.2) is 0 Å². The van der Waals surface area contributed by atoms with Crippen LogP contribution in [0.25, 0.3) is 0 Å². The zero-order chi connectivity index (χ0) is 27.3. The molecule has 1 heterocycles. The molecule has 2 unspecified atom stereocenters. The highest BCUT2D eigenvalue weighted by atomic mass is 16.5. The molecule has 0 aliphatic carbocycles. The number of hydrogen-bond acceptors (Lipinski definition) is 4. The molecule has 206 valence electrons. The summed E-state index contributed by atoms with van der Waals surface area (Å²) in [6.07, 6.45) is 3.49. The van der Waals surface area contributed by atoms with Crippen molar-refractivity contribution in [2.45, 2.75) is 57.8 Å². The van der Waals surface area contributed by atoms with E-state index in [1.54, 1.807) is 4.90 Å². The number of rotatable bonds is 10. The first-order valence-electron chi connectivity index (χ1n) is 14.0. The molecule has 7 heteroatoms. The molecule has 3 N–H and O–H groups in total. The summed E-state index contributed by atoms with van der Waals surface area (Å²) in [4.78, 5) is 27.1. The average molecular weight is 529 g/mol. The number of ether oxygens (including phenoxy) is 1. The Bertz CT molecular complexity index is 1160. The van der Waals surface area contributed by atoms with Gasteiger partial charge in [0.25, 0.3) is 0 Å². The van der Waals surface area contributed by atoms with Crippen molar-refractivity contribution >= 4 is 12.1 Å². The van der Waals surface area contributed by atoms with E-state index in [0.29, 0.717) is 26.1 Å². The number of amides is 3. The minimum Gasteiger partial charge on any atom is -0.445 e. The Hall–Kier alpha value is -3.84. The maximum absolute atomic E-state index is 12.9. The zero-order valence-electron chi connectivity index (χ0n) is 22.8. The number of carbonyl (C=O) groups is 2. The van der Waals surface area contributed by atoms with Crippen molar-refractivity contribution in [3.63, 3.8) is 0 Å². The highest BCUT2D eigenvalue weighted by molar-refractivity contribution is 5.75. The molecule has 0 radical (unpaired) electrons.